The fraction of sp³-hybridized carbons (Fsp3) is 0.214. The minimum Gasteiger partial charge on any atom is -0.398 e. The minimum absolute atomic E-state index is 0.0963. The zero-order valence-corrected chi connectivity index (χ0v) is 10.6. The van der Waals surface area contributed by atoms with E-state index in [-0.39, 0.29) is 5.91 Å². The first-order chi connectivity index (χ1) is 8.59. The van der Waals surface area contributed by atoms with Crippen LogP contribution in [-0.2, 0) is 13.6 Å². The predicted molar refractivity (Wildman–Crippen MR) is 72.2 cm³/mol. The average molecular weight is 243 g/mol. The highest BCUT2D eigenvalue weighted by molar-refractivity contribution is 5.96. The molecule has 0 spiro atoms. The summed E-state index contributed by atoms with van der Waals surface area (Å²) < 4.78 is 1.98. The molecule has 0 aliphatic carbocycles. The van der Waals surface area contributed by atoms with Gasteiger partial charge in [0.15, 0.2) is 0 Å². The highest BCUT2D eigenvalue weighted by atomic mass is 16.1. The maximum atomic E-state index is 12.0. The number of hydrogen-bond donors (Lipinski definition) is 2. The number of nitrogens with two attached hydrogens (primary N) is 1. The number of aryl methyl sites for hydroxylation is 1. The molecule has 94 valence electrons. The molecule has 2 rings (SSSR count). The fourth-order valence-corrected chi connectivity index (χ4v) is 1.85. The molecule has 2 aromatic rings. The van der Waals surface area contributed by atoms with Crippen LogP contribution >= 0.6 is 0 Å². The van der Waals surface area contributed by atoms with E-state index < -0.39 is 0 Å². The van der Waals surface area contributed by atoms with E-state index in [9.17, 15) is 4.79 Å². The van der Waals surface area contributed by atoms with E-state index in [1.54, 1.807) is 18.2 Å². The Morgan fingerprint density at radius 1 is 1.33 bits per heavy atom. The molecule has 0 unspecified atom stereocenters. The van der Waals surface area contributed by atoms with Crippen LogP contribution in [0.25, 0.3) is 0 Å². The van der Waals surface area contributed by atoms with Crippen molar-refractivity contribution in [2.24, 2.45) is 7.05 Å². The lowest BCUT2D eigenvalue weighted by atomic mass is 10.1. The summed E-state index contributed by atoms with van der Waals surface area (Å²) in [5, 5.41) is 2.89. The molecule has 18 heavy (non-hydrogen) atoms. The van der Waals surface area contributed by atoms with Crippen molar-refractivity contribution < 1.29 is 4.79 Å². The van der Waals surface area contributed by atoms with Gasteiger partial charge in [0.05, 0.1) is 6.54 Å². The van der Waals surface area contributed by atoms with Gasteiger partial charge in [0.2, 0.25) is 0 Å². The largest absolute Gasteiger partial charge is 0.398 e. The number of nitrogen functional groups attached to an aromatic ring is 1. The number of carbonyl (C=O) groups is 1. The Morgan fingerprint density at radius 3 is 2.78 bits per heavy atom. The molecule has 3 N–H and O–H groups in total. The van der Waals surface area contributed by atoms with E-state index in [1.807, 2.05) is 36.9 Å². The van der Waals surface area contributed by atoms with Crippen molar-refractivity contribution in [1.82, 2.24) is 9.88 Å². The molecule has 0 aliphatic heterocycles. The molecule has 0 fully saturated rings. The van der Waals surface area contributed by atoms with E-state index in [1.165, 1.54) is 0 Å². The monoisotopic (exact) mass is 243 g/mol. The van der Waals surface area contributed by atoms with E-state index in [4.69, 9.17) is 5.73 Å². The van der Waals surface area contributed by atoms with Crippen LogP contribution in [-0.4, -0.2) is 10.5 Å². The average Bonchev–Trinajstić information content (AvgIpc) is 2.75. The van der Waals surface area contributed by atoms with Gasteiger partial charge in [0.1, 0.15) is 0 Å². The summed E-state index contributed by atoms with van der Waals surface area (Å²) >= 11 is 0. The van der Waals surface area contributed by atoms with Crippen molar-refractivity contribution in [2.75, 3.05) is 5.73 Å². The second kappa shape index (κ2) is 4.96. The summed E-state index contributed by atoms with van der Waals surface area (Å²) in [4.78, 5) is 12.0. The fourth-order valence-electron chi connectivity index (χ4n) is 1.85. The van der Waals surface area contributed by atoms with E-state index in [2.05, 4.69) is 5.32 Å². The summed E-state index contributed by atoms with van der Waals surface area (Å²) in [5.74, 6) is -0.0963. The number of nitrogens with one attached hydrogen (secondary N) is 1. The summed E-state index contributed by atoms with van der Waals surface area (Å²) in [6, 6.07) is 9.30. The molecule has 1 aromatic heterocycles. The Labute approximate surface area is 106 Å². The molecule has 4 heteroatoms. The lowest BCUT2D eigenvalue weighted by Crippen LogP contribution is -2.24. The molecule has 1 heterocycles. The van der Waals surface area contributed by atoms with Gasteiger partial charge in [-0.1, -0.05) is 6.07 Å². The first kappa shape index (κ1) is 12.2. The van der Waals surface area contributed by atoms with E-state index >= 15 is 0 Å². The highest BCUT2D eigenvalue weighted by Gasteiger charge is 2.10. The zero-order valence-electron chi connectivity index (χ0n) is 10.6. The first-order valence-electron chi connectivity index (χ1n) is 5.83. The van der Waals surface area contributed by atoms with Crippen LogP contribution in [0.3, 0.4) is 0 Å². The standard InChI is InChI=1S/C14H17N3O/c1-10-12(6-3-7-13(10)15)14(18)16-9-11-5-4-8-17(11)2/h3-8H,9,15H2,1-2H3,(H,16,18). The van der Waals surface area contributed by atoms with Gasteiger partial charge in [-0.3, -0.25) is 4.79 Å². The molecule has 0 aliphatic rings. The zero-order chi connectivity index (χ0) is 13.1. The maximum absolute atomic E-state index is 12.0. The Balaban J connectivity index is 2.09. The molecule has 4 nitrogen and oxygen atoms in total. The van der Waals surface area contributed by atoms with Gasteiger partial charge < -0.3 is 15.6 Å². The summed E-state index contributed by atoms with van der Waals surface area (Å²) in [6.07, 6.45) is 1.95. The van der Waals surface area contributed by atoms with Crippen molar-refractivity contribution in [3.05, 3.63) is 53.3 Å². The predicted octanol–water partition coefficient (Wildman–Crippen LogP) is 1.85. The van der Waals surface area contributed by atoms with Crippen molar-refractivity contribution in [1.29, 1.82) is 0 Å². The Hall–Kier alpha value is -2.23. The number of nitrogens with zero attached hydrogens (tertiary/aromatic N) is 1. The Bertz CT molecular complexity index is 572. The molecule has 0 bridgehead atoms. The van der Waals surface area contributed by atoms with Crippen molar-refractivity contribution in [3.8, 4) is 0 Å². The molecule has 1 amide bonds. The second-order valence-corrected chi connectivity index (χ2v) is 4.31. The van der Waals surface area contributed by atoms with Crippen LogP contribution in [0.1, 0.15) is 21.6 Å². The van der Waals surface area contributed by atoms with Crippen molar-refractivity contribution in [2.45, 2.75) is 13.5 Å². The minimum atomic E-state index is -0.0963. The quantitative estimate of drug-likeness (QED) is 0.808. The summed E-state index contributed by atoms with van der Waals surface area (Å²) in [6.45, 7) is 2.36. The first-order valence-corrected chi connectivity index (χ1v) is 5.83. The van der Waals surface area contributed by atoms with Crippen molar-refractivity contribution in [3.63, 3.8) is 0 Å². The third-order valence-corrected chi connectivity index (χ3v) is 3.10. The van der Waals surface area contributed by atoms with Crippen LogP contribution in [0, 0.1) is 6.92 Å². The number of anilines is 1. The number of amides is 1. The van der Waals surface area contributed by atoms with Crippen LogP contribution in [0.5, 0.6) is 0 Å². The third-order valence-electron chi connectivity index (χ3n) is 3.10. The van der Waals surface area contributed by atoms with Crippen molar-refractivity contribution >= 4 is 11.6 Å². The molecular weight excluding hydrogens is 226 g/mol. The van der Waals surface area contributed by atoms with Gasteiger partial charge in [0, 0.05) is 30.2 Å². The van der Waals surface area contributed by atoms with Crippen LogP contribution in [0.4, 0.5) is 5.69 Å². The maximum Gasteiger partial charge on any atom is 0.251 e. The van der Waals surface area contributed by atoms with Gasteiger partial charge in [-0.05, 0) is 36.8 Å². The van der Waals surface area contributed by atoms with Crippen LogP contribution in [0.15, 0.2) is 36.5 Å². The molecule has 1 aromatic carbocycles. The van der Waals surface area contributed by atoms with E-state index in [0.717, 1.165) is 11.3 Å². The van der Waals surface area contributed by atoms with Gasteiger partial charge in [-0.25, -0.2) is 0 Å². The number of hydrogen-bond acceptors (Lipinski definition) is 2. The molecular formula is C14H17N3O. The SMILES string of the molecule is Cc1c(N)cccc1C(=O)NCc1cccn1C. The number of carbonyl (C=O) groups excluding carboxylic acids is 1. The lowest BCUT2D eigenvalue weighted by Gasteiger charge is -2.09. The summed E-state index contributed by atoms with van der Waals surface area (Å²) in [5.41, 5.74) is 8.94. The molecule has 0 atom stereocenters. The van der Waals surface area contributed by atoms with Gasteiger partial charge in [-0.2, -0.15) is 0 Å². The van der Waals surface area contributed by atoms with Crippen LogP contribution < -0.4 is 11.1 Å². The molecule has 0 saturated carbocycles. The number of benzene rings is 1. The van der Waals surface area contributed by atoms with Gasteiger partial charge >= 0.3 is 0 Å². The smallest absolute Gasteiger partial charge is 0.251 e. The van der Waals surface area contributed by atoms with Crippen LogP contribution in [0.2, 0.25) is 0 Å². The van der Waals surface area contributed by atoms with Gasteiger partial charge in [-0.15, -0.1) is 0 Å². The lowest BCUT2D eigenvalue weighted by molar-refractivity contribution is 0.0949. The second-order valence-electron chi connectivity index (χ2n) is 4.31. The highest BCUT2D eigenvalue weighted by Crippen LogP contribution is 2.15. The van der Waals surface area contributed by atoms with E-state index in [0.29, 0.717) is 17.8 Å². The Morgan fingerprint density at radius 2 is 2.11 bits per heavy atom. The third kappa shape index (κ3) is 2.37. The number of aromatic nitrogens is 1. The Kier molecular flexibility index (Phi) is 3.37. The number of rotatable bonds is 3. The molecule has 0 saturated heterocycles. The normalized spacial score (nSPS) is 10.3. The van der Waals surface area contributed by atoms with Gasteiger partial charge in [0.25, 0.3) is 5.91 Å². The molecule has 0 radical (unpaired) electrons. The summed E-state index contributed by atoms with van der Waals surface area (Å²) in [7, 11) is 1.95. The topological polar surface area (TPSA) is 60.1 Å².